The maximum Gasteiger partial charge on any atom is 0.318 e. The number of H-pyrrole nitrogens is 1. The highest BCUT2D eigenvalue weighted by Crippen LogP contribution is 2.25. The number of nitrogens with one attached hydrogen (secondary N) is 2. The molecule has 0 aliphatic heterocycles. The molecule has 4 N–H and O–H groups in total. The number of halogens is 1. The van der Waals surface area contributed by atoms with E-state index in [1.54, 1.807) is 13.1 Å². The molecule has 2 aromatic rings. The van der Waals surface area contributed by atoms with Gasteiger partial charge in [0.15, 0.2) is 5.16 Å². The Bertz CT molecular complexity index is 656. The van der Waals surface area contributed by atoms with E-state index in [9.17, 15) is 9.59 Å². The Balaban J connectivity index is 2.04. The zero-order valence-corrected chi connectivity index (χ0v) is 13.5. The second kappa shape index (κ2) is 6.77. The van der Waals surface area contributed by atoms with Crippen molar-refractivity contribution in [2.24, 2.45) is 5.73 Å². The van der Waals surface area contributed by atoms with Crippen LogP contribution in [0.2, 0.25) is 0 Å². The van der Waals surface area contributed by atoms with Gasteiger partial charge in [-0.25, -0.2) is 9.78 Å². The number of benzene rings is 1. The van der Waals surface area contributed by atoms with Crippen LogP contribution in [0.1, 0.15) is 6.92 Å². The number of aromatic amines is 1. The summed E-state index contributed by atoms with van der Waals surface area (Å²) in [6, 6.07) is 6.92. The Labute approximate surface area is 134 Å². The van der Waals surface area contributed by atoms with Gasteiger partial charge in [0.05, 0.1) is 17.1 Å². The van der Waals surface area contributed by atoms with Crippen LogP contribution in [-0.2, 0) is 4.79 Å². The number of urea groups is 1. The first-order valence-corrected chi connectivity index (χ1v) is 7.71. The molecule has 110 valence electrons. The van der Waals surface area contributed by atoms with Crippen molar-refractivity contribution >= 4 is 39.6 Å². The van der Waals surface area contributed by atoms with E-state index in [0.29, 0.717) is 5.16 Å². The molecule has 21 heavy (non-hydrogen) atoms. The minimum absolute atomic E-state index is 0.450. The summed E-state index contributed by atoms with van der Waals surface area (Å²) >= 11 is 4.60. The van der Waals surface area contributed by atoms with Crippen LogP contribution in [0.5, 0.6) is 0 Å². The van der Waals surface area contributed by atoms with Gasteiger partial charge in [-0.3, -0.25) is 10.1 Å². The molecule has 2 rings (SSSR count). The fourth-order valence-corrected chi connectivity index (χ4v) is 2.63. The summed E-state index contributed by atoms with van der Waals surface area (Å²) < 4.78 is 0.997. The van der Waals surface area contributed by atoms with Crippen molar-refractivity contribution in [3.05, 3.63) is 34.9 Å². The van der Waals surface area contributed by atoms with Gasteiger partial charge in [-0.15, -0.1) is 0 Å². The van der Waals surface area contributed by atoms with E-state index in [2.05, 4.69) is 25.9 Å². The molecular weight excluding hydrogens is 356 g/mol. The van der Waals surface area contributed by atoms with Crippen LogP contribution in [0.15, 0.2) is 40.1 Å². The maximum atomic E-state index is 11.6. The summed E-state index contributed by atoms with van der Waals surface area (Å²) in [5.74, 6) is -0.450. The lowest BCUT2D eigenvalue weighted by atomic mass is 10.2. The van der Waals surface area contributed by atoms with Crippen molar-refractivity contribution in [2.75, 3.05) is 0 Å². The van der Waals surface area contributed by atoms with E-state index in [0.717, 1.165) is 15.7 Å². The van der Waals surface area contributed by atoms with Crippen molar-refractivity contribution in [2.45, 2.75) is 17.3 Å². The number of nitrogens with zero attached hydrogens (tertiary/aromatic N) is 1. The number of imidazole rings is 1. The SMILES string of the molecule is C[C@@H](Sc1ncc(-c2ccc(Br)cc2)[nH]1)C(=O)NC(N)=O. The molecule has 0 spiro atoms. The van der Waals surface area contributed by atoms with Crippen LogP contribution in [0.25, 0.3) is 11.3 Å². The normalized spacial score (nSPS) is 11.9. The monoisotopic (exact) mass is 368 g/mol. The fourth-order valence-electron chi connectivity index (χ4n) is 1.58. The quantitative estimate of drug-likeness (QED) is 0.721. The van der Waals surface area contributed by atoms with Crippen LogP contribution in [-0.4, -0.2) is 27.2 Å². The fraction of sp³-hybridized carbons (Fsp3) is 0.154. The molecule has 0 unspecified atom stereocenters. The van der Waals surface area contributed by atoms with Gasteiger partial charge in [-0.05, 0) is 24.6 Å². The molecule has 0 radical (unpaired) electrons. The third-order valence-electron chi connectivity index (χ3n) is 2.61. The number of hydrogen-bond donors (Lipinski definition) is 3. The smallest absolute Gasteiger partial charge is 0.318 e. The van der Waals surface area contributed by atoms with Crippen LogP contribution >= 0.6 is 27.7 Å². The van der Waals surface area contributed by atoms with Gasteiger partial charge in [0.25, 0.3) is 0 Å². The molecule has 0 aliphatic carbocycles. The standard InChI is InChI=1S/C13H13BrN4O2S/c1-7(11(19)18-12(15)20)21-13-16-6-10(17-13)8-2-4-9(14)5-3-8/h2-7H,1H3,(H,16,17)(H3,15,18,19,20)/t7-/m1/s1. The molecule has 1 heterocycles. The molecule has 0 saturated heterocycles. The van der Waals surface area contributed by atoms with Crippen LogP contribution < -0.4 is 11.1 Å². The molecule has 3 amide bonds. The minimum atomic E-state index is -0.859. The molecule has 0 bridgehead atoms. The number of carbonyl (C=O) groups excluding carboxylic acids is 2. The Morgan fingerprint density at radius 2 is 2.05 bits per heavy atom. The largest absolute Gasteiger partial charge is 0.351 e. The number of nitrogens with two attached hydrogens (primary N) is 1. The number of rotatable bonds is 4. The maximum absolute atomic E-state index is 11.6. The summed E-state index contributed by atoms with van der Waals surface area (Å²) in [7, 11) is 0. The van der Waals surface area contributed by atoms with Gasteiger partial charge in [-0.1, -0.05) is 39.8 Å². The Hall–Kier alpha value is -1.80. The molecular formula is C13H13BrN4O2S. The van der Waals surface area contributed by atoms with Crippen molar-refractivity contribution in [3.63, 3.8) is 0 Å². The number of aromatic nitrogens is 2. The average molecular weight is 369 g/mol. The Kier molecular flexibility index (Phi) is 5.03. The first kappa shape index (κ1) is 15.6. The summed E-state index contributed by atoms with van der Waals surface area (Å²) in [5, 5.41) is 2.15. The van der Waals surface area contributed by atoms with E-state index in [1.165, 1.54) is 11.8 Å². The van der Waals surface area contributed by atoms with Crippen molar-refractivity contribution < 1.29 is 9.59 Å². The molecule has 0 saturated carbocycles. The predicted octanol–water partition coefficient (Wildman–Crippen LogP) is 2.51. The number of carbonyl (C=O) groups is 2. The first-order chi connectivity index (χ1) is 9.95. The molecule has 0 aliphatic rings. The van der Waals surface area contributed by atoms with E-state index < -0.39 is 17.2 Å². The molecule has 1 aromatic carbocycles. The van der Waals surface area contributed by atoms with Gasteiger partial charge in [0.2, 0.25) is 5.91 Å². The van der Waals surface area contributed by atoms with Gasteiger partial charge in [-0.2, -0.15) is 0 Å². The highest BCUT2D eigenvalue weighted by atomic mass is 79.9. The van der Waals surface area contributed by atoms with Crippen molar-refractivity contribution in [1.82, 2.24) is 15.3 Å². The highest BCUT2D eigenvalue weighted by molar-refractivity contribution is 9.10. The minimum Gasteiger partial charge on any atom is -0.351 e. The number of hydrogen-bond acceptors (Lipinski definition) is 4. The second-order valence-corrected chi connectivity index (χ2v) is 6.47. The Morgan fingerprint density at radius 3 is 2.67 bits per heavy atom. The summed E-state index contributed by atoms with van der Waals surface area (Å²) in [6.07, 6.45) is 1.70. The zero-order chi connectivity index (χ0) is 15.4. The predicted molar refractivity (Wildman–Crippen MR) is 84.8 cm³/mol. The second-order valence-electron chi connectivity index (χ2n) is 4.22. The molecule has 0 fully saturated rings. The van der Waals surface area contributed by atoms with E-state index in [4.69, 9.17) is 5.73 Å². The van der Waals surface area contributed by atoms with Gasteiger partial charge < -0.3 is 10.7 Å². The number of primary amides is 1. The number of thioether (sulfide) groups is 1. The molecule has 1 atom stereocenters. The lowest BCUT2D eigenvalue weighted by molar-refractivity contribution is -0.119. The van der Waals surface area contributed by atoms with Gasteiger partial charge in [0, 0.05) is 4.47 Å². The first-order valence-electron chi connectivity index (χ1n) is 6.03. The van der Waals surface area contributed by atoms with Crippen LogP contribution in [0.4, 0.5) is 4.79 Å². The van der Waals surface area contributed by atoms with Gasteiger partial charge in [0.1, 0.15) is 0 Å². The van der Waals surface area contributed by atoms with E-state index >= 15 is 0 Å². The van der Waals surface area contributed by atoms with Crippen LogP contribution in [0.3, 0.4) is 0 Å². The summed E-state index contributed by atoms with van der Waals surface area (Å²) in [4.78, 5) is 29.6. The number of imide groups is 1. The third kappa shape index (κ3) is 4.33. The Morgan fingerprint density at radius 1 is 1.38 bits per heavy atom. The summed E-state index contributed by atoms with van der Waals surface area (Å²) in [6.45, 7) is 1.67. The lowest BCUT2D eigenvalue weighted by Gasteiger charge is -2.07. The molecule has 1 aromatic heterocycles. The topological polar surface area (TPSA) is 101 Å². The van der Waals surface area contributed by atoms with Crippen LogP contribution in [0, 0.1) is 0 Å². The molecule has 8 heteroatoms. The average Bonchev–Trinajstić information content (AvgIpc) is 2.87. The summed E-state index contributed by atoms with van der Waals surface area (Å²) in [5.41, 5.74) is 6.76. The zero-order valence-electron chi connectivity index (χ0n) is 11.1. The van der Waals surface area contributed by atoms with Crippen molar-refractivity contribution in [3.8, 4) is 11.3 Å². The highest BCUT2D eigenvalue weighted by Gasteiger charge is 2.17. The van der Waals surface area contributed by atoms with Crippen molar-refractivity contribution in [1.29, 1.82) is 0 Å². The number of amides is 3. The lowest BCUT2D eigenvalue weighted by Crippen LogP contribution is -2.39. The third-order valence-corrected chi connectivity index (χ3v) is 4.14. The molecule has 6 nitrogen and oxygen atoms in total. The van der Waals surface area contributed by atoms with E-state index in [-0.39, 0.29) is 0 Å². The van der Waals surface area contributed by atoms with E-state index in [1.807, 2.05) is 29.6 Å². The van der Waals surface area contributed by atoms with Gasteiger partial charge >= 0.3 is 6.03 Å².